The van der Waals surface area contributed by atoms with Crippen LogP contribution in [0.25, 0.3) is 0 Å². The van der Waals surface area contributed by atoms with Gasteiger partial charge in [-0.1, -0.05) is 23.7 Å². The monoisotopic (exact) mass is 375 g/mol. The molecule has 2 heterocycles. The lowest BCUT2D eigenvalue weighted by Crippen LogP contribution is -2.58. The number of nitrogens with zero attached hydrogens (tertiary/aromatic N) is 4. The first-order valence-electron chi connectivity index (χ1n) is 8.84. The van der Waals surface area contributed by atoms with Gasteiger partial charge in [-0.05, 0) is 30.5 Å². The number of aryl methyl sites for hydroxylation is 1. The van der Waals surface area contributed by atoms with Crippen molar-refractivity contribution in [3.8, 4) is 0 Å². The number of hydrogen-bond donors (Lipinski definition) is 1. The second-order valence-corrected chi connectivity index (χ2v) is 7.59. The molecule has 6 nitrogen and oxygen atoms in total. The lowest BCUT2D eigenvalue weighted by Gasteiger charge is -2.42. The molecular formula is C19H26ClN5O. The predicted octanol–water partition coefficient (Wildman–Crippen LogP) is 2.61. The Morgan fingerprint density at radius 3 is 2.42 bits per heavy atom. The molecule has 1 aliphatic heterocycles. The molecule has 7 heteroatoms. The first kappa shape index (κ1) is 18.7. The van der Waals surface area contributed by atoms with E-state index in [1.807, 2.05) is 39.3 Å². The fourth-order valence-electron chi connectivity index (χ4n) is 3.50. The molecule has 1 aromatic heterocycles. The van der Waals surface area contributed by atoms with E-state index >= 15 is 0 Å². The normalized spacial score (nSPS) is 17.1. The third-order valence-electron chi connectivity index (χ3n) is 5.03. The maximum absolute atomic E-state index is 13.0. The van der Waals surface area contributed by atoms with Crippen LogP contribution in [0.15, 0.2) is 36.5 Å². The van der Waals surface area contributed by atoms with Gasteiger partial charge in [0.2, 0.25) is 5.91 Å². The van der Waals surface area contributed by atoms with E-state index in [-0.39, 0.29) is 5.91 Å². The zero-order valence-corrected chi connectivity index (χ0v) is 16.3. The highest BCUT2D eigenvalue weighted by atomic mass is 35.5. The highest BCUT2D eigenvalue weighted by molar-refractivity contribution is 6.30. The summed E-state index contributed by atoms with van der Waals surface area (Å²) < 4.78 is 1.77. The number of rotatable bonds is 5. The van der Waals surface area contributed by atoms with Crippen LogP contribution in [0, 0.1) is 0 Å². The molecule has 3 rings (SSSR count). The first-order valence-corrected chi connectivity index (χ1v) is 9.22. The van der Waals surface area contributed by atoms with Gasteiger partial charge < -0.3 is 10.2 Å². The molecular weight excluding hydrogens is 350 g/mol. The van der Waals surface area contributed by atoms with Crippen LogP contribution in [-0.2, 0) is 18.4 Å². The van der Waals surface area contributed by atoms with Crippen molar-refractivity contribution in [2.45, 2.75) is 24.9 Å². The minimum absolute atomic E-state index is 0.116. The predicted molar refractivity (Wildman–Crippen MR) is 104 cm³/mol. The molecule has 0 spiro atoms. The van der Waals surface area contributed by atoms with Crippen LogP contribution in [0.4, 0.5) is 5.82 Å². The van der Waals surface area contributed by atoms with Gasteiger partial charge in [0.15, 0.2) is 0 Å². The Kier molecular flexibility index (Phi) is 5.53. The molecule has 0 atom stereocenters. The van der Waals surface area contributed by atoms with Crippen molar-refractivity contribution in [2.24, 2.45) is 7.05 Å². The van der Waals surface area contributed by atoms with Crippen molar-refractivity contribution in [3.63, 3.8) is 0 Å². The van der Waals surface area contributed by atoms with Crippen LogP contribution in [0.5, 0.6) is 0 Å². The second-order valence-electron chi connectivity index (χ2n) is 7.15. The molecule has 1 aliphatic rings. The molecule has 1 aromatic carbocycles. The van der Waals surface area contributed by atoms with Crippen molar-refractivity contribution in [2.75, 3.05) is 32.5 Å². The molecule has 1 amide bonds. The zero-order valence-electron chi connectivity index (χ0n) is 15.6. The van der Waals surface area contributed by atoms with E-state index in [0.717, 1.165) is 43.3 Å². The molecule has 0 radical (unpaired) electrons. The maximum Gasteiger partial charge on any atom is 0.247 e. The van der Waals surface area contributed by atoms with Crippen molar-refractivity contribution >= 4 is 23.3 Å². The van der Waals surface area contributed by atoms with Gasteiger partial charge in [0.25, 0.3) is 0 Å². The third-order valence-corrected chi connectivity index (χ3v) is 5.28. The van der Waals surface area contributed by atoms with Gasteiger partial charge in [-0.25, -0.2) is 0 Å². The number of piperidine rings is 1. The first-order chi connectivity index (χ1) is 12.4. The van der Waals surface area contributed by atoms with Crippen LogP contribution in [-0.4, -0.2) is 58.2 Å². The molecule has 0 saturated carbocycles. The Balaban J connectivity index is 1.71. The average molecular weight is 376 g/mol. The topological polar surface area (TPSA) is 53.4 Å². The smallest absolute Gasteiger partial charge is 0.247 e. The summed E-state index contributed by atoms with van der Waals surface area (Å²) in [4.78, 5) is 17.0. The Bertz CT molecular complexity index is 748. The maximum atomic E-state index is 13.0. The number of hydrogen-bond acceptors (Lipinski definition) is 4. The van der Waals surface area contributed by atoms with E-state index in [9.17, 15) is 4.79 Å². The summed E-state index contributed by atoms with van der Waals surface area (Å²) in [5.74, 6) is 0.983. The Morgan fingerprint density at radius 1 is 1.23 bits per heavy atom. The molecule has 0 unspecified atom stereocenters. The largest absolute Gasteiger partial charge is 0.356 e. The van der Waals surface area contributed by atoms with E-state index in [0.29, 0.717) is 0 Å². The number of nitrogens with one attached hydrogen (secondary N) is 1. The van der Waals surface area contributed by atoms with E-state index < -0.39 is 5.54 Å². The van der Waals surface area contributed by atoms with Crippen LogP contribution >= 0.6 is 11.6 Å². The van der Waals surface area contributed by atoms with Crippen molar-refractivity contribution in [3.05, 3.63) is 47.1 Å². The summed E-state index contributed by atoms with van der Waals surface area (Å²) in [5.41, 5.74) is 0.647. The van der Waals surface area contributed by atoms with Gasteiger partial charge in [-0.15, -0.1) is 0 Å². The van der Waals surface area contributed by atoms with Gasteiger partial charge in [-0.2, -0.15) is 5.10 Å². The molecule has 0 aliphatic carbocycles. The van der Waals surface area contributed by atoms with Gasteiger partial charge in [0.05, 0.1) is 6.20 Å². The summed E-state index contributed by atoms with van der Waals surface area (Å²) in [6.45, 7) is 2.58. The number of likely N-dealkylation sites (tertiary alicyclic amines) is 1. The minimum Gasteiger partial charge on any atom is -0.356 e. The standard InChI is InChI=1S/C19H26ClN5O/c1-23(2)18(26)19(22-17-8-11-21-24(17)3)9-12-25(13-10-19)14-15-4-6-16(20)7-5-15/h4-8,11,22H,9-10,12-14H2,1-3H3. The zero-order chi connectivity index (χ0) is 18.7. The molecule has 140 valence electrons. The highest BCUT2D eigenvalue weighted by Crippen LogP contribution is 2.29. The van der Waals surface area contributed by atoms with E-state index in [1.165, 1.54) is 5.56 Å². The Labute approximate surface area is 159 Å². The number of anilines is 1. The van der Waals surface area contributed by atoms with E-state index in [4.69, 9.17) is 11.6 Å². The lowest BCUT2D eigenvalue weighted by molar-refractivity contribution is -0.135. The van der Waals surface area contributed by atoms with Crippen LogP contribution in [0.2, 0.25) is 5.02 Å². The minimum atomic E-state index is -0.589. The number of aromatic nitrogens is 2. The summed E-state index contributed by atoms with van der Waals surface area (Å²) in [6, 6.07) is 9.87. The Morgan fingerprint density at radius 2 is 1.88 bits per heavy atom. The van der Waals surface area contributed by atoms with Gasteiger partial charge >= 0.3 is 0 Å². The average Bonchev–Trinajstić information content (AvgIpc) is 3.02. The number of amides is 1. The third kappa shape index (κ3) is 4.02. The molecule has 26 heavy (non-hydrogen) atoms. The molecule has 1 fully saturated rings. The fourth-order valence-corrected chi connectivity index (χ4v) is 3.63. The summed E-state index contributed by atoms with van der Waals surface area (Å²) >= 11 is 5.97. The van der Waals surface area contributed by atoms with E-state index in [1.54, 1.807) is 15.8 Å². The van der Waals surface area contributed by atoms with E-state index in [2.05, 4.69) is 27.4 Å². The van der Waals surface area contributed by atoms with Crippen LogP contribution in [0.1, 0.15) is 18.4 Å². The summed E-state index contributed by atoms with van der Waals surface area (Å²) in [7, 11) is 5.51. The molecule has 0 bridgehead atoms. The molecule has 2 aromatic rings. The van der Waals surface area contributed by atoms with Crippen molar-refractivity contribution in [1.29, 1.82) is 0 Å². The number of halogens is 1. The second kappa shape index (κ2) is 7.68. The number of carbonyl (C=O) groups excluding carboxylic acids is 1. The van der Waals surface area contributed by atoms with Crippen LogP contribution < -0.4 is 5.32 Å². The quantitative estimate of drug-likeness (QED) is 0.872. The van der Waals surface area contributed by atoms with Crippen molar-refractivity contribution in [1.82, 2.24) is 19.6 Å². The number of benzene rings is 1. The number of likely N-dealkylation sites (N-methyl/N-ethyl adjacent to an activating group) is 1. The fraction of sp³-hybridized carbons (Fsp3) is 0.474. The lowest BCUT2D eigenvalue weighted by atomic mass is 9.85. The summed E-state index contributed by atoms with van der Waals surface area (Å²) in [5, 5.41) is 8.44. The molecule has 1 saturated heterocycles. The summed E-state index contributed by atoms with van der Waals surface area (Å²) in [6.07, 6.45) is 3.25. The molecule has 1 N–H and O–H groups in total. The van der Waals surface area contributed by atoms with Gasteiger partial charge in [0, 0.05) is 51.9 Å². The van der Waals surface area contributed by atoms with Crippen molar-refractivity contribution < 1.29 is 4.79 Å². The van der Waals surface area contributed by atoms with Crippen LogP contribution in [0.3, 0.4) is 0 Å². The highest BCUT2D eigenvalue weighted by Gasteiger charge is 2.42. The Hall–Kier alpha value is -2.05. The van der Waals surface area contributed by atoms with Gasteiger partial charge in [-0.3, -0.25) is 14.4 Å². The number of carbonyl (C=O) groups is 1. The van der Waals surface area contributed by atoms with Gasteiger partial charge in [0.1, 0.15) is 11.4 Å². The SMILES string of the molecule is CN(C)C(=O)C1(Nc2ccnn2C)CCN(Cc2ccc(Cl)cc2)CC1.